The van der Waals surface area contributed by atoms with Gasteiger partial charge in [0.15, 0.2) is 0 Å². The molecule has 0 atom stereocenters. The van der Waals surface area contributed by atoms with E-state index in [0.717, 1.165) is 30.3 Å². The van der Waals surface area contributed by atoms with Crippen LogP contribution in [0.3, 0.4) is 0 Å². The number of carbonyl (C=O) groups is 1. The van der Waals surface area contributed by atoms with Gasteiger partial charge in [-0.25, -0.2) is 9.37 Å². The van der Waals surface area contributed by atoms with Gasteiger partial charge in [0.05, 0.1) is 48.1 Å². The average Bonchev–Trinajstić information content (AvgIpc) is 2.75. The number of halogens is 4. The van der Waals surface area contributed by atoms with Crippen LogP contribution >= 0.6 is 0 Å². The Balaban J connectivity index is 2.01. The molecule has 1 aromatic heterocycles. The summed E-state index contributed by atoms with van der Waals surface area (Å²) in [6.07, 6.45) is -4.65. The third-order valence-corrected chi connectivity index (χ3v) is 4.54. The second-order valence-corrected chi connectivity index (χ2v) is 6.67. The first-order chi connectivity index (χ1) is 15.1. The van der Waals surface area contributed by atoms with Gasteiger partial charge in [-0.15, -0.1) is 0 Å². The minimum atomic E-state index is -4.65. The van der Waals surface area contributed by atoms with E-state index in [1.807, 2.05) is 0 Å². The van der Waals surface area contributed by atoms with Crippen molar-refractivity contribution in [3.63, 3.8) is 0 Å². The first-order valence-corrected chi connectivity index (χ1v) is 9.27. The van der Waals surface area contributed by atoms with Gasteiger partial charge in [-0.2, -0.15) is 13.2 Å². The lowest BCUT2D eigenvalue weighted by molar-refractivity contribution is -0.137. The fourth-order valence-electron chi connectivity index (χ4n) is 2.90. The lowest BCUT2D eigenvalue weighted by Gasteiger charge is -2.17. The Bertz CT molecular complexity index is 1150. The first-order valence-electron chi connectivity index (χ1n) is 9.27. The summed E-state index contributed by atoms with van der Waals surface area (Å²) in [5.74, 6) is -0.910. The Morgan fingerprint density at radius 1 is 0.938 bits per heavy atom. The summed E-state index contributed by atoms with van der Waals surface area (Å²) in [6, 6.07) is 9.36. The summed E-state index contributed by atoms with van der Waals surface area (Å²) in [6.45, 7) is 1.62. The molecule has 0 aliphatic heterocycles. The Morgan fingerprint density at radius 3 is 2.25 bits per heavy atom. The average molecular weight is 449 g/mol. The van der Waals surface area contributed by atoms with Crippen LogP contribution in [0.15, 0.2) is 48.5 Å². The molecule has 0 unspecified atom stereocenters. The topological polar surface area (TPSA) is 72.5 Å². The van der Waals surface area contributed by atoms with E-state index in [2.05, 4.69) is 15.6 Å². The van der Waals surface area contributed by atoms with Gasteiger partial charge in [-0.3, -0.25) is 4.79 Å². The van der Waals surface area contributed by atoms with E-state index in [4.69, 9.17) is 9.47 Å². The number of methoxy groups -OCH3 is 2. The molecular formula is C22H19F4N3O3. The predicted molar refractivity (Wildman–Crippen MR) is 111 cm³/mol. The molecule has 0 aliphatic rings. The molecule has 0 spiro atoms. The molecule has 10 heteroatoms. The van der Waals surface area contributed by atoms with Crippen molar-refractivity contribution in [2.45, 2.75) is 13.1 Å². The Morgan fingerprint density at radius 2 is 1.62 bits per heavy atom. The number of hydrogen-bond acceptors (Lipinski definition) is 5. The predicted octanol–water partition coefficient (Wildman–Crippen LogP) is 5.56. The largest absolute Gasteiger partial charge is 0.494 e. The Labute approximate surface area is 181 Å². The number of nitrogens with one attached hydrogen (secondary N) is 2. The van der Waals surface area contributed by atoms with Crippen LogP contribution in [-0.4, -0.2) is 25.1 Å². The van der Waals surface area contributed by atoms with E-state index >= 15 is 0 Å². The van der Waals surface area contributed by atoms with Crippen LogP contribution < -0.4 is 20.1 Å². The highest BCUT2D eigenvalue weighted by molar-refractivity contribution is 6.09. The number of pyridine rings is 1. The lowest BCUT2D eigenvalue weighted by atomic mass is 10.1. The van der Waals surface area contributed by atoms with Crippen LogP contribution in [0, 0.1) is 12.7 Å². The molecule has 0 aliphatic carbocycles. The number of amides is 1. The summed E-state index contributed by atoms with van der Waals surface area (Å²) < 4.78 is 63.5. The van der Waals surface area contributed by atoms with Gasteiger partial charge in [-0.1, -0.05) is 0 Å². The zero-order valence-corrected chi connectivity index (χ0v) is 17.3. The summed E-state index contributed by atoms with van der Waals surface area (Å²) in [5, 5.41) is 5.41. The number of carbonyl (C=O) groups excluding carboxylic acids is 1. The number of hydrogen-bond donors (Lipinski definition) is 2. The Hall–Kier alpha value is -3.82. The zero-order valence-electron chi connectivity index (χ0n) is 17.3. The third kappa shape index (κ3) is 5.08. The van der Waals surface area contributed by atoms with Crippen molar-refractivity contribution in [2.75, 3.05) is 24.9 Å². The molecule has 168 valence electrons. The van der Waals surface area contributed by atoms with Crippen LogP contribution in [0.1, 0.15) is 21.6 Å². The molecule has 0 saturated heterocycles. The number of aromatic nitrogens is 1. The fourth-order valence-corrected chi connectivity index (χ4v) is 2.90. The highest BCUT2D eigenvalue weighted by atomic mass is 19.4. The van der Waals surface area contributed by atoms with Gasteiger partial charge in [-0.05, 0) is 43.3 Å². The molecule has 0 radical (unpaired) electrons. The van der Waals surface area contributed by atoms with Crippen molar-refractivity contribution in [1.29, 1.82) is 0 Å². The molecule has 0 saturated carbocycles. The van der Waals surface area contributed by atoms with E-state index in [1.54, 1.807) is 6.92 Å². The monoisotopic (exact) mass is 449 g/mol. The molecule has 0 fully saturated rings. The van der Waals surface area contributed by atoms with Crippen molar-refractivity contribution in [1.82, 2.24) is 4.98 Å². The van der Waals surface area contributed by atoms with Crippen molar-refractivity contribution in [3.8, 4) is 11.6 Å². The van der Waals surface area contributed by atoms with Gasteiger partial charge >= 0.3 is 6.18 Å². The first kappa shape index (κ1) is 22.9. The van der Waals surface area contributed by atoms with Gasteiger partial charge in [0.1, 0.15) is 11.6 Å². The van der Waals surface area contributed by atoms with Crippen molar-refractivity contribution >= 4 is 23.0 Å². The van der Waals surface area contributed by atoms with E-state index in [-0.39, 0.29) is 22.7 Å². The normalized spacial score (nSPS) is 11.1. The number of nitrogens with zero attached hydrogens (tertiary/aromatic N) is 1. The second kappa shape index (κ2) is 9.13. The molecular weight excluding hydrogens is 430 g/mol. The van der Waals surface area contributed by atoms with Gasteiger partial charge in [0, 0.05) is 12.1 Å². The number of benzene rings is 2. The minimum absolute atomic E-state index is 0.0690. The number of ether oxygens (including phenoxy) is 2. The summed E-state index contributed by atoms with van der Waals surface area (Å²) >= 11 is 0. The van der Waals surface area contributed by atoms with Gasteiger partial charge in [0.2, 0.25) is 5.88 Å². The minimum Gasteiger partial charge on any atom is -0.494 e. The molecule has 6 nitrogen and oxygen atoms in total. The van der Waals surface area contributed by atoms with E-state index in [1.165, 1.54) is 32.4 Å². The smallest absolute Gasteiger partial charge is 0.416 e. The number of rotatable bonds is 6. The fraction of sp³-hybridized carbons (Fsp3) is 0.182. The second-order valence-electron chi connectivity index (χ2n) is 6.67. The van der Waals surface area contributed by atoms with Crippen LogP contribution in [0.2, 0.25) is 0 Å². The van der Waals surface area contributed by atoms with Crippen LogP contribution in [0.5, 0.6) is 11.6 Å². The van der Waals surface area contributed by atoms with E-state index in [9.17, 15) is 22.4 Å². The Kier molecular flexibility index (Phi) is 6.52. The summed E-state index contributed by atoms with van der Waals surface area (Å²) in [7, 11) is 2.75. The van der Waals surface area contributed by atoms with Crippen LogP contribution in [0.4, 0.5) is 34.6 Å². The highest BCUT2D eigenvalue weighted by Gasteiger charge is 2.32. The highest BCUT2D eigenvalue weighted by Crippen LogP contribution is 2.35. The standard InChI is InChI=1S/C22H19F4N3O3/c1-12-16(8-9-20(27-12)32-3)29-21(30)15-10-13(22(24,25)26)4-6-17(15)28-18-7-5-14(23)11-19(18)31-2/h4-11,28H,1-3H3,(H,29,30). The van der Waals surface area contributed by atoms with Crippen molar-refractivity contribution < 1.29 is 31.8 Å². The van der Waals surface area contributed by atoms with Crippen LogP contribution in [0.25, 0.3) is 0 Å². The number of anilines is 3. The molecule has 32 heavy (non-hydrogen) atoms. The zero-order chi connectivity index (χ0) is 23.5. The quantitative estimate of drug-likeness (QED) is 0.482. The molecule has 3 aromatic rings. The number of aryl methyl sites for hydroxylation is 1. The maximum absolute atomic E-state index is 13.5. The molecule has 3 rings (SSSR count). The maximum atomic E-state index is 13.5. The molecule has 2 aromatic carbocycles. The summed E-state index contributed by atoms with van der Waals surface area (Å²) in [4.78, 5) is 17.1. The molecule has 1 amide bonds. The molecule has 0 bridgehead atoms. The van der Waals surface area contributed by atoms with Gasteiger partial charge < -0.3 is 20.1 Å². The van der Waals surface area contributed by atoms with Gasteiger partial charge in [0.25, 0.3) is 5.91 Å². The van der Waals surface area contributed by atoms with E-state index < -0.39 is 23.5 Å². The maximum Gasteiger partial charge on any atom is 0.416 e. The number of alkyl halides is 3. The SMILES string of the molecule is COc1ccc(NC(=O)c2cc(C(F)(F)F)ccc2Nc2ccc(F)cc2OC)c(C)n1. The van der Waals surface area contributed by atoms with Crippen molar-refractivity contribution in [2.24, 2.45) is 0 Å². The van der Waals surface area contributed by atoms with E-state index in [0.29, 0.717) is 17.3 Å². The third-order valence-electron chi connectivity index (χ3n) is 4.54. The van der Waals surface area contributed by atoms with Crippen molar-refractivity contribution in [3.05, 3.63) is 71.2 Å². The molecule has 1 heterocycles. The lowest BCUT2D eigenvalue weighted by Crippen LogP contribution is -2.17. The summed E-state index contributed by atoms with van der Waals surface area (Å²) in [5.41, 5.74) is -0.215. The molecule has 2 N–H and O–H groups in total. The van der Waals surface area contributed by atoms with Crippen LogP contribution in [-0.2, 0) is 6.18 Å².